The molecule has 194 valence electrons. The largest absolute Gasteiger partial charge is 0.495 e. The Morgan fingerprint density at radius 2 is 1.92 bits per heavy atom. The lowest BCUT2D eigenvalue weighted by molar-refractivity contribution is -0.119. The van der Waals surface area contributed by atoms with E-state index in [9.17, 15) is 4.79 Å². The lowest BCUT2D eigenvalue weighted by atomic mass is 10.0. The molecule has 1 fully saturated rings. The summed E-state index contributed by atoms with van der Waals surface area (Å²) in [4.78, 5) is 19.1. The summed E-state index contributed by atoms with van der Waals surface area (Å²) in [7, 11) is 3.05. The number of benzene rings is 2. The van der Waals surface area contributed by atoms with Gasteiger partial charge >= 0.3 is 0 Å². The number of aromatic nitrogens is 2. The predicted octanol–water partition coefficient (Wildman–Crippen LogP) is 4.95. The fourth-order valence-corrected chi connectivity index (χ4v) is 5.19. The fourth-order valence-electron chi connectivity index (χ4n) is 4.84. The van der Waals surface area contributed by atoms with Crippen molar-refractivity contribution in [2.75, 3.05) is 31.0 Å². The number of methoxy groups -OCH3 is 2. The fraction of sp³-hybridized carbons (Fsp3) is 0.207. The molecule has 0 aliphatic carbocycles. The van der Waals surface area contributed by atoms with Gasteiger partial charge in [-0.2, -0.15) is 0 Å². The molecule has 2 atom stereocenters. The third-order valence-corrected chi connectivity index (χ3v) is 6.79. The van der Waals surface area contributed by atoms with Gasteiger partial charge in [0.2, 0.25) is 5.91 Å². The van der Waals surface area contributed by atoms with Crippen molar-refractivity contribution in [3.05, 3.63) is 102 Å². The summed E-state index contributed by atoms with van der Waals surface area (Å²) in [5.41, 5.74) is 5.48. The SMILES string of the molecule is COCC(=O)Nc1cc(N2C(=S)N[C@H](c3ccccn3)[C@H]2c2cccn2-c2cccc(C)c2)ccc1OC. The zero-order valence-electron chi connectivity index (χ0n) is 21.4. The van der Waals surface area contributed by atoms with Crippen molar-refractivity contribution in [1.82, 2.24) is 14.9 Å². The second-order valence-electron chi connectivity index (χ2n) is 9.00. The number of hydrogen-bond donors (Lipinski definition) is 2. The summed E-state index contributed by atoms with van der Waals surface area (Å²) < 4.78 is 12.7. The third kappa shape index (κ3) is 4.98. The monoisotopic (exact) mass is 527 g/mol. The second-order valence-corrected chi connectivity index (χ2v) is 9.39. The van der Waals surface area contributed by atoms with Crippen LogP contribution in [0.25, 0.3) is 5.69 Å². The van der Waals surface area contributed by atoms with Crippen LogP contribution in [-0.4, -0.2) is 41.4 Å². The predicted molar refractivity (Wildman–Crippen MR) is 152 cm³/mol. The molecule has 0 saturated carbocycles. The molecule has 3 heterocycles. The Balaban J connectivity index is 1.63. The molecular formula is C29H29N5O3S. The zero-order chi connectivity index (χ0) is 26.6. The van der Waals surface area contributed by atoms with E-state index in [2.05, 4.69) is 68.5 Å². The van der Waals surface area contributed by atoms with Gasteiger partial charge in [-0.1, -0.05) is 18.2 Å². The minimum Gasteiger partial charge on any atom is -0.495 e. The van der Waals surface area contributed by atoms with Crippen molar-refractivity contribution < 1.29 is 14.3 Å². The molecule has 8 nitrogen and oxygen atoms in total. The Morgan fingerprint density at radius 3 is 2.66 bits per heavy atom. The number of rotatable bonds is 8. The minimum atomic E-state index is -0.277. The topological polar surface area (TPSA) is 80.7 Å². The summed E-state index contributed by atoms with van der Waals surface area (Å²) >= 11 is 5.90. The van der Waals surface area contributed by atoms with E-state index in [4.69, 9.17) is 21.7 Å². The molecule has 2 N–H and O–H groups in total. The zero-order valence-corrected chi connectivity index (χ0v) is 22.2. The van der Waals surface area contributed by atoms with Gasteiger partial charge in [-0.25, -0.2) is 0 Å². The van der Waals surface area contributed by atoms with Crippen molar-refractivity contribution in [1.29, 1.82) is 0 Å². The van der Waals surface area contributed by atoms with Gasteiger partial charge in [-0.15, -0.1) is 0 Å². The molecule has 0 bridgehead atoms. The second kappa shape index (κ2) is 11.0. The third-order valence-electron chi connectivity index (χ3n) is 6.47. The summed E-state index contributed by atoms with van der Waals surface area (Å²) in [6.07, 6.45) is 3.85. The number of aryl methyl sites for hydroxylation is 1. The van der Waals surface area contributed by atoms with Crippen molar-refractivity contribution in [3.8, 4) is 11.4 Å². The van der Waals surface area contributed by atoms with E-state index >= 15 is 0 Å². The van der Waals surface area contributed by atoms with E-state index in [0.717, 1.165) is 22.8 Å². The number of thiocarbonyl (C=S) groups is 1. The van der Waals surface area contributed by atoms with Gasteiger partial charge in [0, 0.05) is 36.6 Å². The molecule has 1 aliphatic heterocycles. The first-order valence-corrected chi connectivity index (χ1v) is 12.6. The Hall–Kier alpha value is -4.21. The number of ether oxygens (including phenoxy) is 2. The number of carbonyl (C=O) groups is 1. The van der Waals surface area contributed by atoms with E-state index in [0.29, 0.717) is 16.5 Å². The number of anilines is 2. The van der Waals surface area contributed by atoms with Crippen molar-refractivity contribution in [2.24, 2.45) is 0 Å². The van der Waals surface area contributed by atoms with Crippen LogP contribution in [0.15, 0.2) is 85.2 Å². The molecule has 1 saturated heterocycles. The number of nitrogens with one attached hydrogen (secondary N) is 2. The molecule has 4 aromatic rings. The van der Waals surface area contributed by atoms with Crippen LogP contribution in [0.1, 0.15) is 29.0 Å². The summed E-state index contributed by atoms with van der Waals surface area (Å²) in [5.74, 6) is 0.263. The summed E-state index contributed by atoms with van der Waals surface area (Å²) in [6.45, 7) is 2.02. The van der Waals surface area contributed by atoms with Crippen molar-refractivity contribution in [2.45, 2.75) is 19.0 Å². The molecule has 5 rings (SSSR count). The van der Waals surface area contributed by atoms with Gasteiger partial charge in [0.25, 0.3) is 0 Å². The van der Waals surface area contributed by atoms with Crippen molar-refractivity contribution >= 4 is 34.6 Å². The van der Waals surface area contributed by atoms with E-state index in [1.54, 1.807) is 13.3 Å². The number of hydrogen-bond acceptors (Lipinski definition) is 5. The lowest BCUT2D eigenvalue weighted by Crippen LogP contribution is -2.30. The molecule has 2 aromatic carbocycles. The van der Waals surface area contributed by atoms with Crippen LogP contribution >= 0.6 is 12.2 Å². The number of carbonyl (C=O) groups excluding carboxylic acids is 1. The Kier molecular flexibility index (Phi) is 7.39. The van der Waals surface area contributed by atoms with Crippen LogP contribution in [0.5, 0.6) is 5.75 Å². The van der Waals surface area contributed by atoms with Gasteiger partial charge in [0.15, 0.2) is 5.11 Å². The molecular weight excluding hydrogens is 498 g/mol. The molecule has 0 spiro atoms. The first kappa shape index (κ1) is 25.4. The quantitative estimate of drug-likeness (QED) is 0.314. The van der Waals surface area contributed by atoms with Crippen LogP contribution in [0, 0.1) is 6.92 Å². The van der Waals surface area contributed by atoms with Crippen molar-refractivity contribution in [3.63, 3.8) is 0 Å². The molecule has 1 amide bonds. The average Bonchev–Trinajstić information content (AvgIpc) is 3.53. The average molecular weight is 528 g/mol. The highest BCUT2D eigenvalue weighted by Gasteiger charge is 2.42. The molecule has 2 aromatic heterocycles. The van der Waals surface area contributed by atoms with Crippen LogP contribution in [0.4, 0.5) is 11.4 Å². The first-order valence-electron chi connectivity index (χ1n) is 12.2. The Morgan fingerprint density at radius 1 is 1.05 bits per heavy atom. The standard InChI is InChI=1S/C29H29N5O3S/c1-19-8-6-9-20(16-19)33-15-7-11-24(33)28-27(22-10-4-5-14-30-22)32-29(38)34(28)21-12-13-25(37-3)23(17-21)31-26(35)18-36-2/h4-17,27-28H,18H2,1-3H3,(H,31,35)(H,32,38)/t27-,28-/m1/s1. The summed E-state index contributed by atoms with van der Waals surface area (Å²) in [6, 6.07) is 23.6. The Bertz CT molecular complexity index is 1460. The highest BCUT2D eigenvalue weighted by atomic mass is 32.1. The highest BCUT2D eigenvalue weighted by molar-refractivity contribution is 7.80. The molecule has 1 aliphatic rings. The number of pyridine rings is 1. The van der Waals surface area contributed by atoms with Crippen LogP contribution in [0.2, 0.25) is 0 Å². The molecule has 0 unspecified atom stereocenters. The number of amides is 1. The van der Waals surface area contributed by atoms with Gasteiger partial charge in [-0.3, -0.25) is 9.78 Å². The normalized spacial score (nSPS) is 16.8. The van der Waals surface area contributed by atoms with E-state index in [1.807, 2.05) is 42.5 Å². The van der Waals surface area contributed by atoms with Gasteiger partial charge in [0.05, 0.1) is 24.5 Å². The minimum absolute atomic E-state index is 0.0640. The molecule has 38 heavy (non-hydrogen) atoms. The first-order chi connectivity index (χ1) is 18.5. The molecule has 9 heteroatoms. The van der Waals surface area contributed by atoms with Gasteiger partial charge in [-0.05, 0) is 79.3 Å². The van der Waals surface area contributed by atoms with E-state index in [-0.39, 0.29) is 24.6 Å². The maximum atomic E-state index is 12.3. The number of nitrogens with zero attached hydrogens (tertiary/aromatic N) is 3. The smallest absolute Gasteiger partial charge is 0.250 e. The summed E-state index contributed by atoms with van der Waals surface area (Å²) in [5, 5.41) is 6.94. The lowest BCUT2D eigenvalue weighted by Gasteiger charge is -2.29. The van der Waals surface area contributed by atoms with Crippen LogP contribution in [0.3, 0.4) is 0 Å². The van der Waals surface area contributed by atoms with E-state index < -0.39 is 0 Å². The van der Waals surface area contributed by atoms with E-state index in [1.165, 1.54) is 12.7 Å². The maximum absolute atomic E-state index is 12.3. The Labute approximate surface area is 227 Å². The van der Waals surface area contributed by atoms with Gasteiger partial charge < -0.3 is 29.6 Å². The molecule has 0 radical (unpaired) electrons. The van der Waals surface area contributed by atoms with Gasteiger partial charge in [0.1, 0.15) is 18.4 Å². The van der Waals surface area contributed by atoms with Crippen LogP contribution in [-0.2, 0) is 9.53 Å². The maximum Gasteiger partial charge on any atom is 0.250 e. The van der Waals surface area contributed by atoms with Crippen LogP contribution < -0.4 is 20.3 Å². The highest BCUT2D eigenvalue weighted by Crippen LogP contribution is 2.43.